The number of phenolic OH excluding ortho intramolecular Hbond substituents is 1. The van der Waals surface area contributed by atoms with Crippen molar-refractivity contribution in [3.8, 4) is 11.5 Å². The van der Waals surface area contributed by atoms with Crippen LogP contribution in [0.15, 0.2) is 60.7 Å². The van der Waals surface area contributed by atoms with Crippen LogP contribution in [0.4, 0.5) is 0 Å². The summed E-state index contributed by atoms with van der Waals surface area (Å²) < 4.78 is 6.43. The maximum Gasteiger partial charge on any atom is 0.119 e. The SMILES string of the molecule is CCI.CCOc1ccccc1.Oc1ccccc1. The van der Waals surface area contributed by atoms with E-state index in [0.717, 1.165) is 12.4 Å². The molecule has 0 atom stereocenters. The number of ether oxygens (including phenoxy) is 1. The molecule has 0 radical (unpaired) electrons. The van der Waals surface area contributed by atoms with Gasteiger partial charge in [0.05, 0.1) is 6.61 Å². The van der Waals surface area contributed by atoms with E-state index in [0.29, 0.717) is 5.75 Å². The van der Waals surface area contributed by atoms with Gasteiger partial charge in [0.25, 0.3) is 0 Å². The van der Waals surface area contributed by atoms with Gasteiger partial charge in [-0.25, -0.2) is 0 Å². The van der Waals surface area contributed by atoms with Gasteiger partial charge >= 0.3 is 0 Å². The van der Waals surface area contributed by atoms with Gasteiger partial charge in [0.1, 0.15) is 11.5 Å². The fourth-order valence-electron chi connectivity index (χ4n) is 1.11. The minimum atomic E-state index is 0.322. The molecule has 19 heavy (non-hydrogen) atoms. The smallest absolute Gasteiger partial charge is 0.119 e. The summed E-state index contributed by atoms with van der Waals surface area (Å²) in [5.41, 5.74) is 0. The van der Waals surface area contributed by atoms with Crippen LogP contribution >= 0.6 is 22.6 Å². The third-order valence-electron chi connectivity index (χ3n) is 1.81. The number of phenols is 1. The van der Waals surface area contributed by atoms with Crippen LogP contribution in [0.25, 0.3) is 0 Å². The van der Waals surface area contributed by atoms with Crippen LogP contribution in [-0.4, -0.2) is 16.1 Å². The quantitative estimate of drug-likeness (QED) is 0.599. The van der Waals surface area contributed by atoms with Crippen LogP contribution < -0.4 is 4.74 Å². The molecule has 2 aromatic rings. The summed E-state index contributed by atoms with van der Waals surface area (Å²) in [7, 11) is 0. The zero-order chi connectivity index (χ0) is 14.3. The third-order valence-corrected chi connectivity index (χ3v) is 1.81. The Morgan fingerprint density at radius 2 is 1.32 bits per heavy atom. The number of alkyl halides is 1. The van der Waals surface area contributed by atoms with E-state index in [-0.39, 0.29) is 0 Å². The number of benzene rings is 2. The Balaban J connectivity index is 0.000000289. The summed E-state index contributed by atoms with van der Waals surface area (Å²) in [6, 6.07) is 18.5. The van der Waals surface area contributed by atoms with Crippen LogP contribution in [0.3, 0.4) is 0 Å². The van der Waals surface area contributed by atoms with Crippen LogP contribution in [0.5, 0.6) is 11.5 Å². The number of aromatic hydroxyl groups is 1. The van der Waals surface area contributed by atoms with Gasteiger partial charge in [0.2, 0.25) is 0 Å². The summed E-state index contributed by atoms with van der Waals surface area (Å²) in [5, 5.41) is 8.63. The molecule has 0 heterocycles. The molecule has 2 aromatic carbocycles. The second-order valence-corrected chi connectivity index (χ2v) is 4.87. The Morgan fingerprint density at radius 1 is 0.895 bits per heavy atom. The monoisotopic (exact) mass is 372 g/mol. The Labute approximate surface area is 129 Å². The van der Waals surface area contributed by atoms with E-state index in [9.17, 15) is 0 Å². The van der Waals surface area contributed by atoms with Crippen LogP contribution in [0.1, 0.15) is 13.8 Å². The van der Waals surface area contributed by atoms with Crippen molar-refractivity contribution in [1.29, 1.82) is 0 Å². The van der Waals surface area contributed by atoms with Gasteiger partial charge < -0.3 is 9.84 Å². The van der Waals surface area contributed by atoms with E-state index in [1.165, 1.54) is 4.43 Å². The van der Waals surface area contributed by atoms with Gasteiger partial charge in [-0.15, -0.1) is 0 Å². The van der Waals surface area contributed by atoms with Crippen molar-refractivity contribution in [2.24, 2.45) is 0 Å². The largest absolute Gasteiger partial charge is 0.508 e. The summed E-state index contributed by atoms with van der Waals surface area (Å²) in [4.78, 5) is 0. The molecule has 0 spiro atoms. The molecule has 0 amide bonds. The van der Waals surface area contributed by atoms with Gasteiger partial charge in [-0.2, -0.15) is 0 Å². The zero-order valence-corrected chi connectivity index (χ0v) is 13.6. The van der Waals surface area contributed by atoms with E-state index in [4.69, 9.17) is 9.84 Å². The van der Waals surface area contributed by atoms with Gasteiger partial charge in [-0.3, -0.25) is 0 Å². The first-order valence-electron chi connectivity index (χ1n) is 6.22. The Hall–Kier alpha value is -1.23. The number of para-hydroxylation sites is 2. The predicted molar refractivity (Wildman–Crippen MR) is 90.3 cm³/mol. The minimum Gasteiger partial charge on any atom is -0.508 e. The van der Waals surface area contributed by atoms with Gasteiger partial charge in [-0.05, 0) is 35.6 Å². The summed E-state index contributed by atoms with van der Waals surface area (Å²) in [6.45, 7) is 4.83. The molecule has 0 fully saturated rings. The number of hydrogen-bond acceptors (Lipinski definition) is 2. The van der Waals surface area contributed by atoms with Crippen LogP contribution in [0, 0.1) is 0 Å². The van der Waals surface area contributed by atoms with Crippen molar-refractivity contribution < 1.29 is 9.84 Å². The molecule has 0 unspecified atom stereocenters. The highest BCUT2D eigenvalue weighted by Gasteiger charge is 1.83. The predicted octanol–water partition coefficient (Wildman–Crippen LogP) is 4.92. The Bertz CT molecular complexity index is 390. The molecule has 2 nitrogen and oxygen atoms in total. The number of rotatable bonds is 2. The molecule has 3 heteroatoms. The first-order chi connectivity index (χ1) is 9.24. The average Bonchev–Trinajstić information content (AvgIpc) is 2.43. The lowest BCUT2D eigenvalue weighted by atomic mass is 10.3. The Kier molecular flexibility index (Phi) is 12.4. The highest BCUT2D eigenvalue weighted by Crippen LogP contribution is 2.06. The normalized spacial score (nSPS) is 8.37. The van der Waals surface area contributed by atoms with E-state index < -0.39 is 0 Å². The van der Waals surface area contributed by atoms with Crippen molar-refractivity contribution in [2.75, 3.05) is 11.0 Å². The van der Waals surface area contributed by atoms with E-state index in [2.05, 4.69) is 29.5 Å². The molecule has 2 rings (SSSR count). The van der Waals surface area contributed by atoms with E-state index in [1.807, 2.05) is 43.3 Å². The lowest BCUT2D eigenvalue weighted by Gasteiger charge is -1.99. The number of hydrogen-bond donors (Lipinski definition) is 1. The zero-order valence-electron chi connectivity index (χ0n) is 11.4. The minimum absolute atomic E-state index is 0.322. The fourth-order valence-corrected chi connectivity index (χ4v) is 1.11. The molecule has 0 aliphatic heterocycles. The maximum absolute atomic E-state index is 8.63. The van der Waals surface area contributed by atoms with Crippen LogP contribution in [0.2, 0.25) is 0 Å². The summed E-state index contributed by atoms with van der Waals surface area (Å²) in [5.74, 6) is 1.27. The van der Waals surface area contributed by atoms with E-state index >= 15 is 0 Å². The fraction of sp³-hybridized carbons (Fsp3) is 0.250. The molecule has 104 valence electrons. The molecule has 0 aromatic heterocycles. The second kappa shape index (κ2) is 13.2. The molecule has 0 aliphatic rings. The molecular weight excluding hydrogens is 351 g/mol. The molecule has 0 saturated carbocycles. The first-order valence-corrected chi connectivity index (χ1v) is 7.74. The Morgan fingerprint density at radius 3 is 1.63 bits per heavy atom. The van der Waals surface area contributed by atoms with Crippen molar-refractivity contribution in [3.05, 3.63) is 60.7 Å². The first kappa shape index (κ1) is 17.8. The van der Waals surface area contributed by atoms with Gasteiger partial charge in [0.15, 0.2) is 0 Å². The van der Waals surface area contributed by atoms with Crippen molar-refractivity contribution >= 4 is 22.6 Å². The topological polar surface area (TPSA) is 29.5 Å². The van der Waals surface area contributed by atoms with Crippen LogP contribution in [-0.2, 0) is 0 Å². The standard InChI is InChI=1S/C8H10O.C6H6O.C2H5I/c1-2-9-8-6-4-3-5-7-8;7-6-4-2-1-3-5-6;1-2-3/h3-7H,2H2,1H3;1-5,7H;2H2,1H3. The lowest BCUT2D eigenvalue weighted by Crippen LogP contribution is -1.89. The summed E-state index contributed by atoms with van der Waals surface area (Å²) >= 11 is 2.29. The average molecular weight is 372 g/mol. The molecular formula is C16H21IO2. The van der Waals surface area contributed by atoms with Gasteiger partial charge in [-0.1, -0.05) is 65.9 Å². The van der Waals surface area contributed by atoms with Crippen molar-refractivity contribution in [2.45, 2.75) is 13.8 Å². The summed E-state index contributed by atoms with van der Waals surface area (Å²) in [6.07, 6.45) is 0. The van der Waals surface area contributed by atoms with E-state index in [1.54, 1.807) is 24.3 Å². The van der Waals surface area contributed by atoms with Crippen molar-refractivity contribution in [1.82, 2.24) is 0 Å². The lowest BCUT2D eigenvalue weighted by molar-refractivity contribution is 0.340. The third kappa shape index (κ3) is 11.6. The number of halogens is 1. The molecule has 0 aliphatic carbocycles. The highest BCUT2D eigenvalue weighted by molar-refractivity contribution is 14.1. The molecule has 0 bridgehead atoms. The molecule has 0 saturated heterocycles. The highest BCUT2D eigenvalue weighted by atomic mass is 127. The van der Waals surface area contributed by atoms with Gasteiger partial charge in [0, 0.05) is 0 Å². The second-order valence-electron chi connectivity index (χ2n) is 3.35. The van der Waals surface area contributed by atoms with Crippen molar-refractivity contribution in [3.63, 3.8) is 0 Å². The maximum atomic E-state index is 8.63. The molecule has 1 N–H and O–H groups in total.